The van der Waals surface area contributed by atoms with Crippen molar-refractivity contribution in [3.63, 3.8) is 0 Å². The molecule has 1 unspecified atom stereocenters. The van der Waals surface area contributed by atoms with Crippen molar-refractivity contribution in [1.29, 1.82) is 0 Å². The van der Waals surface area contributed by atoms with Crippen LogP contribution in [0.3, 0.4) is 0 Å². The molecular formula is C11H22N2O. The summed E-state index contributed by atoms with van der Waals surface area (Å²) in [5.41, 5.74) is 1.22. The summed E-state index contributed by atoms with van der Waals surface area (Å²) in [6, 6.07) is 0. The molecule has 1 atom stereocenters. The molecule has 1 fully saturated rings. The molecule has 0 saturated heterocycles. The van der Waals surface area contributed by atoms with Crippen LogP contribution in [-0.4, -0.2) is 24.0 Å². The summed E-state index contributed by atoms with van der Waals surface area (Å²) < 4.78 is 0. The van der Waals surface area contributed by atoms with Crippen molar-refractivity contribution >= 4 is 5.71 Å². The fourth-order valence-corrected chi connectivity index (χ4v) is 2.49. The lowest BCUT2D eigenvalue weighted by Gasteiger charge is -2.27. The molecule has 1 rings (SSSR count). The average Bonchev–Trinajstić information content (AvgIpc) is 2.62. The molecule has 0 bridgehead atoms. The van der Waals surface area contributed by atoms with Gasteiger partial charge in [-0.1, -0.05) is 19.0 Å². The third kappa shape index (κ3) is 2.27. The molecule has 2 N–H and O–H groups in total. The molecule has 0 aromatic heterocycles. The van der Waals surface area contributed by atoms with Gasteiger partial charge in [0, 0.05) is 5.41 Å². The highest BCUT2D eigenvalue weighted by atomic mass is 16.4. The van der Waals surface area contributed by atoms with Gasteiger partial charge in [-0.15, -0.1) is 0 Å². The molecule has 0 heterocycles. The average molecular weight is 198 g/mol. The van der Waals surface area contributed by atoms with E-state index < -0.39 is 0 Å². The lowest BCUT2D eigenvalue weighted by atomic mass is 9.79. The fourth-order valence-electron chi connectivity index (χ4n) is 2.49. The standard InChI is InChI=1S/C11H22N2O/c1-3-11(8-9-12-4-2)7-5-6-10(11)13-14/h12,14H,3-9H2,1-2H3/b13-10+. The monoisotopic (exact) mass is 198 g/mol. The molecule has 0 aliphatic heterocycles. The summed E-state index contributed by atoms with van der Waals surface area (Å²) in [5.74, 6) is 0. The Morgan fingerprint density at radius 3 is 2.86 bits per heavy atom. The van der Waals surface area contributed by atoms with Gasteiger partial charge in [0.15, 0.2) is 0 Å². The van der Waals surface area contributed by atoms with E-state index in [1.54, 1.807) is 0 Å². The zero-order chi connectivity index (χ0) is 10.4. The number of hydrogen-bond acceptors (Lipinski definition) is 3. The second-order valence-electron chi connectivity index (χ2n) is 4.14. The van der Waals surface area contributed by atoms with E-state index >= 15 is 0 Å². The molecular weight excluding hydrogens is 176 g/mol. The lowest BCUT2D eigenvalue weighted by molar-refractivity contribution is 0.295. The van der Waals surface area contributed by atoms with E-state index in [4.69, 9.17) is 5.21 Å². The van der Waals surface area contributed by atoms with Crippen LogP contribution >= 0.6 is 0 Å². The van der Waals surface area contributed by atoms with Crippen LogP contribution in [0.4, 0.5) is 0 Å². The molecule has 0 radical (unpaired) electrons. The maximum atomic E-state index is 8.96. The normalized spacial score (nSPS) is 30.0. The van der Waals surface area contributed by atoms with Crippen LogP contribution in [0, 0.1) is 5.41 Å². The first kappa shape index (κ1) is 11.5. The zero-order valence-electron chi connectivity index (χ0n) is 9.34. The highest BCUT2D eigenvalue weighted by Gasteiger charge is 2.38. The van der Waals surface area contributed by atoms with Gasteiger partial charge in [0.2, 0.25) is 0 Å². The van der Waals surface area contributed by atoms with E-state index in [-0.39, 0.29) is 5.41 Å². The summed E-state index contributed by atoms with van der Waals surface area (Å²) in [5, 5.41) is 15.8. The van der Waals surface area contributed by atoms with Crippen molar-refractivity contribution < 1.29 is 5.21 Å². The molecule has 3 heteroatoms. The molecule has 3 nitrogen and oxygen atoms in total. The van der Waals surface area contributed by atoms with Crippen molar-refractivity contribution in [1.82, 2.24) is 5.32 Å². The Morgan fingerprint density at radius 2 is 2.29 bits per heavy atom. The Labute approximate surface area is 86.6 Å². The molecule has 0 amide bonds. The van der Waals surface area contributed by atoms with Crippen LogP contribution in [0.1, 0.15) is 46.0 Å². The minimum atomic E-state index is 0.191. The van der Waals surface area contributed by atoms with Crippen LogP contribution in [0.2, 0.25) is 0 Å². The smallest absolute Gasteiger partial charge is 0.0632 e. The van der Waals surface area contributed by atoms with E-state index in [0.717, 1.165) is 38.1 Å². The Kier molecular flexibility index (Phi) is 4.39. The van der Waals surface area contributed by atoms with Gasteiger partial charge in [-0.3, -0.25) is 0 Å². The van der Waals surface area contributed by atoms with E-state index in [9.17, 15) is 0 Å². The van der Waals surface area contributed by atoms with Gasteiger partial charge in [0.25, 0.3) is 0 Å². The number of nitrogens with zero attached hydrogens (tertiary/aromatic N) is 1. The number of oxime groups is 1. The SMILES string of the molecule is CCNCCC1(CC)CCC/C1=N\O. The second-order valence-corrected chi connectivity index (χ2v) is 4.14. The maximum Gasteiger partial charge on any atom is 0.0632 e. The van der Waals surface area contributed by atoms with E-state index in [2.05, 4.69) is 24.3 Å². The molecule has 0 aromatic carbocycles. The number of nitrogens with one attached hydrogen (secondary N) is 1. The maximum absolute atomic E-state index is 8.96. The van der Waals surface area contributed by atoms with Crippen LogP contribution < -0.4 is 5.32 Å². The van der Waals surface area contributed by atoms with Crippen molar-refractivity contribution in [2.24, 2.45) is 10.6 Å². The summed E-state index contributed by atoms with van der Waals surface area (Å²) >= 11 is 0. The summed E-state index contributed by atoms with van der Waals surface area (Å²) in [4.78, 5) is 0. The lowest BCUT2D eigenvalue weighted by Crippen LogP contribution is -2.30. The van der Waals surface area contributed by atoms with Gasteiger partial charge in [-0.2, -0.15) is 0 Å². The molecule has 82 valence electrons. The van der Waals surface area contributed by atoms with Gasteiger partial charge in [-0.25, -0.2) is 0 Å². The van der Waals surface area contributed by atoms with Crippen LogP contribution in [0.25, 0.3) is 0 Å². The highest BCUT2D eigenvalue weighted by Crippen LogP contribution is 2.41. The predicted molar refractivity (Wildman–Crippen MR) is 59.0 cm³/mol. The first-order valence-electron chi connectivity index (χ1n) is 5.71. The van der Waals surface area contributed by atoms with Crippen molar-refractivity contribution in [2.45, 2.75) is 46.0 Å². The number of rotatable bonds is 5. The van der Waals surface area contributed by atoms with Crippen LogP contribution in [-0.2, 0) is 0 Å². The minimum Gasteiger partial charge on any atom is -0.411 e. The Bertz CT molecular complexity index is 203. The highest BCUT2D eigenvalue weighted by molar-refractivity contribution is 5.91. The van der Waals surface area contributed by atoms with Gasteiger partial charge in [-0.05, 0) is 45.2 Å². The Hall–Kier alpha value is -0.570. The fraction of sp³-hybridized carbons (Fsp3) is 0.909. The molecule has 1 aliphatic carbocycles. The van der Waals surface area contributed by atoms with Crippen molar-refractivity contribution in [3.8, 4) is 0 Å². The van der Waals surface area contributed by atoms with Gasteiger partial charge in [0.05, 0.1) is 5.71 Å². The van der Waals surface area contributed by atoms with Crippen molar-refractivity contribution in [3.05, 3.63) is 0 Å². The van der Waals surface area contributed by atoms with Gasteiger partial charge < -0.3 is 10.5 Å². The molecule has 0 spiro atoms. The zero-order valence-corrected chi connectivity index (χ0v) is 9.34. The topological polar surface area (TPSA) is 44.6 Å². The van der Waals surface area contributed by atoms with Crippen LogP contribution in [0.15, 0.2) is 5.16 Å². The van der Waals surface area contributed by atoms with Gasteiger partial charge >= 0.3 is 0 Å². The van der Waals surface area contributed by atoms with E-state index in [1.165, 1.54) is 12.8 Å². The van der Waals surface area contributed by atoms with E-state index in [1.807, 2.05) is 0 Å². The largest absolute Gasteiger partial charge is 0.411 e. The van der Waals surface area contributed by atoms with E-state index in [0.29, 0.717) is 0 Å². The van der Waals surface area contributed by atoms with Gasteiger partial charge in [0.1, 0.15) is 0 Å². The quantitative estimate of drug-likeness (QED) is 0.405. The Morgan fingerprint density at radius 1 is 1.50 bits per heavy atom. The third-order valence-corrected chi connectivity index (χ3v) is 3.51. The first-order valence-corrected chi connectivity index (χ1v) is 5.71. The predicted octanol–water partition coefficient (Wildman–Crippen LogP) is 2.40. The molecule has 1 saturated carbocycles. The summed E-state index contributed by atoms with van der Waals surface area (Å²) in [6.07, 6.45) is 5.55. The third-order valence-electron chi connectivity index (χ3n) is 3.51. The molecule has 14 heavy (non-hydrogen) atoms. The summed E-state index contributed by atoms with van der Waals surface area (Å²) in [6.45, 7) is 6.37. The molecule has 1 aliphatic rings. The first-order chi connectivity index (χ1) is 6.79. The Balaban J connectivity index is 2.56. The van der Waals surface area contributed by atoms with Crippen molar-refractivity contribution in [2.75, 3.05) is 13.1 Å². The molecule has 0 aromatic rings. The van der Waals surface area contributed by atoms with Crippen LogP contribution in [0.5, 0.6) is 0 Å². The minimum absolute atomic E-state index is 0.191. The summed E-state index contributed by atoms with van der Waals surface area (Å²) in [7, 11) is 0. The number of hydrogen-bond donors (Lipinski definition) is 2. The second kappa shape index (κ2) is 5.35.